The van der Waals surface area contributed by atoms with E-state index in [0.29, 0.717) is 12.5 Å². The van der Waals surface area contributed by atoms with Gasteiger partial charge in [0.05, 0.1) is 6.04 Å². The molecular formula is C18H21N3O. The predicted octanol–water partition coefficient (Wildman–Crippen LogP) is 2.86. The Kier molecular flexibility index (Phi) is 4.37. The summed E-state index contributed by atoms with van der Waals surface area (Å²) >= 11 is 0. The van der Waals surface area contributed by atoms with E-state index in [9.17, 15) is 4.79 Å². The molecule has 0 bridgehead atoms. The van der Waals surface area contributed by atoms with Crippen molar-refractivity contribution < 1.29 is 4.79 Å². The first-order valence-corrected chi connectivity index (χ1v) is 7.75. The monoisotopic (exact) mass is 295 g/mol. The van der Waals surface area contributed by atoms with E-state index in [1.807, 2.05) is 18.2 Å². The fourth-order valence-electron chi connectivity index (χ4n) is 3.08. The summed E-state index contributed by atoms with van der Waals surface area (Å²) in [5, 5.41) is 6.05. The van der Waals surface area contributed by atoms with Crippen molar-refractivity contribution in [2.24, 2.45) is 5.92 Å². The van der Waals surface area contributed by atoms with Crippen LogP contribution >= 0.6 is 0 Å². The molecule has 1 aliphatic rings. The number of carbonyl (C=O) groups excluding carboxylic acids is 1. The Hall–Kier alpha value is -2.36. The van der Waals surface area contributed by atoms with Crippen molar-refractivity contribution in [3.63, 3.8) is 0 Å². The molecule has 0 aliphatic heterocycles. The third-order valence-electron chi connectivity index (χ3n) is 4.24. The van der Waals surface area contributed by atoms with Gasteiger partial charge in [-0.25, -0.2) is 4.79 Å². The van der Waals surface area contributed by atoms with Crippen molar-refractivity contribution in [1.82, 2.24) is 15.6 Å². The maximum Gasteiger partial charge on any atom is 0.315 e. The lowest BCUT2D eigenvalue weighted by Crippen LogP contribution is -2.39. The number of urea groups is 1. The number of nitrogens with zero attached hydrogens (tertiary/aromatic N) is 1. The van der Waals surface area contributed by atoms with Crippen molar-refractivity contribution in [2.45, 2.75) is 25.8 Å². The number of aromatic nitrogens is 1. The second-order valence-electron chi connectivity index (χ2n) is 5.86. The summed E-state index contributed by atoms with van der Waals surface area (Å²) in [6.45, 7) is 2.81. The van der Waals surface area contributed by atoms with Crippen molar-refractivity contribution in [1.29, 1.82) is 0 Å². The van der Waals surface area contributed by atoms with E-state index in [-0.39, 0.29) is 12.1 Å². The number of rotatable bonds is 4. The van der Waals surface area contributed by atoms with Gasteiger partial charge in [0.2, 0.25) is 0 Å². The number of carbonyl (C=O) groups is 1. The van der Waals surface area contributed by atoms with Crippen LogP contribution in [-0.2, 0) is 12.8 Å². The number of amides is 2. The number of pyridine rings is 1. The molecule has 1 aromatic heterocycles. The molecule has 0 radical (unpaired) electrons. The second-order valence-corrected chi connectivity index (χ2v) is 5.86. The van der Waals surface area contributed by atoms with Gasteiger partial charge in [-0.15, -0.1) is 0 Å². The van der Waals surface area contributed by atoms with Gasteiger partial charge in [0.25, 0.3) is 0 Å². The number of benzene rings is 1. The molecule has 1 heterocycles. The molecular weight excluding hydrogens is 274 g/mol. The number of fused-ring (bicyclic) bond motifs is 1. The molecule has 1 aromatic carbocycles. The zero-order valence-electron chi connectivity index (χ0n) is 12.8. The summed E-state index contributed by atoms with van der Waals surface area (Å²) in [6.07, 6.45) is 5.38. The summed E-state index contributed by atoms with van der Waals surface area (Å²) in [7, 11) is 0. The van der Waals surface area contributed by atoms with E-state index in [4.69, 9.17) is 0 Å². The quantitative estimate of drug-likeness (QED) is 0.911. The Bertz CT molecular complexity index is 642. The smallest absolute Gasteiger partial charge is 0.315 e. The van der Waals surface area contributed by atoms with Gasteiger partial charge in [0.15, 0.2) is 0 Å². The largest absolute Gasteiger partial charge is 0.338 e. The van der Waals surface area contributed by atoms with Gasteiger partial charge < -0.3 is 10.6 Å². The highest BCUT2D eigenvalue weighted by atomic mass is 16.2. The van der Waals surface area contributed by atoms with Gasteiger partial charge in [-0.2, -0.15) is 0 Å². The summed E-state index contributed by atoms with van der Waals surface area (Å²) in [6, 6.07) is 12.3. The Labute approximate surface area is 131 Å². The molecule has 114 valence electrons. The lowest BCUT2D eigenvalue weighted by atomic mass is 10.0. The predicted molar refractivity (Wildman–Crippen MR) is 86.5 cm³/mol. The van der Waals surface area contributed by atoms with Gasteiger partial charge in [-0.1, -0.05) is 31.2 Å². The fourth-order valence-corrected chi connectivity index (χ4v) is 3.08. The van der Waals surface area contributed by atoms with Gasteiger partial charge in [-0.05, 0) is 47.6 Å². The van der Waals surface area contributed by atoms with Gasteiger partial charge in [-0.3, -0.25) is 4.98 Å². The van der Waals surface area contributed by atoms with Crippen LogP contribution in [-0.4, -0.2) is 17.6 Å². The van der Waals surface area contributed by atoms with Gasteiger partial charge in [0.1, 0.15) is 0 Å². The molecule has 22 heavy (non-hydrogen) atoms. The van der Waals surface area contributed by atoms with E-state index >= 15 is 0 Å². The van der Waals surface area contributed by atoms with Crippen LogP contribution in [0, 0.1) is 5.92 Å². The van der Waals surface area contributed by atoms with Gasteiger partial charge >= 0.3 is 6.03 Å². The zero-order chi connectivity index (χ0) is 15.4. The molecule has 0 saturated carbocycles. The lowest BCUT2D eigenvalue weighted by molar-refractivity contribution is 0.234. The number of hydrogen-bond acceptors (Lipinski definition) is 2. The minimum atomic E-state index is -0.0948. The third kappa shape index (κ3) is 3.27. The molecule has 4 nitrogen and oxygen atoms in total. The van der Waals surface area contributed by atoms with Crippen LogP contribution in [0.15, 0.2) is 48.8 Å². The van der Waals surface area contributed by atoms with E-state index in [2.05, 4.69) is 40.7 Å². The lowest BCUT2D eigenvalue weighted by Gasteiger charge is -2.19. The van der Waals surface area contributed by atoms with Crippen molar-refractivity contribution in [3.05, 3.63) is 65.5 Å². The SMILES string of the molecule is C[C@H]1Cc2ccccc2[C@@H]1NC(=O)NCCc1ccncc1. The highest BCUT2D eigenvalue weighted by Crippen LogP contribution is 2.35. The summed E-state index contributed by atoms with van der Waals surface area (Å²) in [5.74, 6) is 0.434. The first kappa shape index (κ1) is 14.6. The Morgan fingerprint density at radius 3 is 2.82 bits per heavy atom. The maximum atomic E-state index is 12.1. The van der Waals surface area contributed by atoms with Crippen molar-refractivity contribution in [3.8, 4) is 0 Å². The summed E-state index contributed by atoms with van der Waals surface area (Å²) in [5.41, 5.74) is 3.77. The molecule has 2 aromatic rings. The first-order valence-electron chi connectivity index (χ1n) is 7.75. The van der Waals surface area contributed by atoms with Crippen LogP contribution in [0.4, 0.5) is 4.79 Å². The van der Waals surface area contributed by atoms with E-state index in [1.54, 1.807) is 12.4 Å². The van der Waals surface area contributed by atoms with Crippen molar-refractivity contribution >= 4 is 6.03 Å². The molecule has 1 aliphatic carbocycles. The minimum absolute atomic E-state index is 0.0948. The van der Waals surface area contributed by atoms with Crippen LogP contribution in [0.2, 0.25) is 0 Å². The highest BCUT2D eigenvalue weighted by Gasteiger charge is 2.29. The molecule has 0 spiro atoms. The summed E-state index contributed by atoms with van der Waals surface area (Å²) in [4.78, 5) is 16.1. The molecule has 2 N–H and O–H groups in total. The van der Waals surface area contributed by atoms with Crippen LogP contribution in [0.1, 0.15) is 29.7 Å². The van der Waals surface area contributed by atoms with Crippen molar-refractivity contribution in [2.75, 3.05) is 6.54 Å². The topological polar surface area (TPSA) is 54.0 Å². The third-order valence-corrected chi connectivity index (χ3v) is 4.24. The molecule has 0 saturated heterocycles. The molecule has 3 rings (SSSR count). The van der Waals surface area contributed by atoms with E-state index < -0.39 is 0 Å². The fraction of sp³-hybridized carbons (Fsp3) is 0.333. The number of hydrogen-bond donors (Lipinski definition) is 2. The van der Waals surface area contributed by atoms with Crippen LogP contribution in [0.5, 0.6) is 0 Å². The molecule has 4 heteroatoms. The van der Waals surface area contributed by atoms with E-state index in [1.165, 1.54) is 16.7 Å². The molecule has 2 amide bonds. The minimum Gasteiger partial charge on any atom is -0.338 e. The Morgan fingerprint density at radius 1 is 1.23 bits per heavy atom. The molecule has 0 unspecified atom stereocenters. The average molecular weight is 295 g/mol. The second kappa shape index (κ2) is 6.60. The Morgan fingerprint density at radius 2 is 2.00 bits per heavy atom. The van der Waals surface area contributed by atoms with Crippen LogP contribution in [0.25, 0.3) is 0 Å². The molecule has 0 fully saturated rings. The van der Waals surface area contributed by atoms with Gasteiger partial charge in [0, 0.05) is 18.9 Å². The molecule has 2 atom stereocenters. The van der Waals surface area contributed by atoms with Crippen LogP contribution < -0.4 is 10.6 Å². The Balaban J connectivity index is 1.52. The summed E-state index contributed by atoms with van der Waals surface area (Å²) < 4.78 is 0. The normalized spacial score (nSPS) is 19.5. The number of nitrogens with one attached hydrogen (secondary N) is 2. The van der Waals surface area contributed by atoms with E-state index in [0.717, 1.165) is 12.8 Å². The first-order chi connectivity index (χ1) is 10.7. The highest BCUT2D eigenvalue weighted by molar-refractivity contribution is 5.74. The zero-order valence-corrected chi connectivity index (χ0v) is 12.8. The van der Waals surface area contributed by atoms with Crippen LogP contribution in [0.3, 0.4) is 0 Å². The average Bonchev–Trinajstić information content (AvgIpc) is 2.84. The maximum absolute atomic E-state index is 12.1. The standard InChI is InChI=1S/C18H21N3O/c1-13-12-15-4-2-3-5-16(15)17(13)21-18(22)20-11-8-14-6-9-19-10-7-14/h2-7,9-10,13,17H,8,11-12H2,1H3,(H2,20,21,22)/t13-,17+/m0/s1.